The monoisotopic (exact) mass is 330 g/mol. The maximum Gasteiger partial charge on any atom is 0.257 e. The Morgan fingerprint density at radius 1 is 1.12 bits per heavy atom. The highest BCUT2D eigenvalue weighted by Crippen LogP contribution is 2.61. The minimum Gasteiger partial charge on any atom is -0.360 e. The topological polar surface area (TPSA) is 55.1 Å². The van der Waals surface area contributed by atoms with Crippen LogP contribution in [0.4, 0.5) is 0 Å². The lowest BCUT2D eigenvalue weighted by molar-refractivity contribution is -0.0688. The molecule has 4 saturated carbocycles. The van der Waals surface area contributed by atoms with Crippen molar-refractivity contribution in [2.45, 2.75) is 78.2 Å². The van der Waals surface area contributed by atoms with Crippen LogP contribution in [-0.4, -0.2) is 17.1 Å². The fraction of sp³-hybridized carbons (Fsp3) is 0.800. The van der Waals surface area contributed by atoms with E-state index in [0.717, 1.165) is 17.8 Å². The number of amides is 1. The van der Waals surface area contributed by atoms with Crippen molar-refractivity contribution in [2.75, 3.05) is 0 Å². The quantitative estimate of drug-likeness (QED) is 0.888. The lowest BCUT2D eigenvalue weighted by Gasteiger charge is -2.59. The summed E-state index contributed by atoms with van der Waals surface area (Å²) in [6, 6.07) is 0.229. The Morgan fingerprint density at radius 3 is 2.17 bits per heavy atom. The van der Waals surface area contributed by atoms with Gasteiger partial charge in [0, 0.05) is 12.0 Å². The smallest absolute Gasteiger partial charge is 0.257 e. The van der Waals surface area contributed by atoms with E-state index in [0.29, 0.717) is 22.4 Å². The molecule has 4 fully saturated rings. The molecule has 4 aliphatic carbocycles. The SMILES string of the molecule is Cc1noc(C(C)C)c1C(=O)N[C@@H](C)C12CC3CC(CC(C3)C1)C2. The lowest BCUT2D eigenvalue weighted by atomic mass is 9.48. The molecule has 1 aromatic rings. The molecule has 4 heteroatoms. The Labute approximate surface area is 144 Å². The van der Waals surface area contributed by atoms with Gasteiger partial charge in [-0.05, 0) is 75.5 Å². The standard InChI is InChI=1S/C20H30N2O2/c1-11(2)18-17(12(3)22-24-18)19(23)21-13(4)20-8-14-5-15(9-20)7-16(6-14)10-20/h11,13-16H,5-10H2,1-4H3,(H,21,23)/t13-,14?,15?,16?,20?/m0/s1. The second kappa shape index (κ2) is 5.60. The largest absolute Gasteiger partial charge is 0.360 e. The summed E-state index contributed by atoms with van der Waals surface area (Å²) in [5, 5.41) is 7.36. The molecular formula is C20H30N2O2. The van der Waals surface area contributed by atoms with Crippen molar-refractivity contribution in [1.29, 1.82) is 0 Å². The number of carbonyl (C=O) groups is 1. The molecule has 0 spiro atoms. The molecule has 5 rings (SSSR count). The summed E-state index contributed by atoms with van der Waals surface area (Å²) in [5.41, 5.74) is 1.68. The summed E-state index contributed by atoms with van der Waals surface area (Å²) in [6.07, 6.45) is 8.22. The van der Waals surface area contributed by atoms with Crippen LogP contribution >= 0.6 is 0 Å². The maximum atomic E-state index is 12.9. The van der Waals surface area contributed by atoms with Gasteiger partial charge in [0.1, 0.15) is 5.56 Å². The summed E-state index contributed by atoms with van der Waals surface area (Å²) in [6.45, 7) is 8.17. The zero-order valence-corrected chi connectivity index (χ0v) is 15.4. The van der Waals surface area contributed by atoms with Gasteiger partial charge in [0.25, 0.3) is 5.91 Å². The van der Waals surface area contributed by atoms with E-state index >= 15 is 0 Å². The minimum absolute atomic E-state index is 0.000644. The molecule has 132 valence electrons. The molecule has 4 nitrogen and oxygen atoms in total. The molecule has 0 saturated heterocycles. The van der Waals surface area contributed by atoms with Crippen LogP contribution in [0, 0.1) is 30.1 Å². The maximum absolute atomic E-state index is 12.9. The van der Waals surface area contributed by atoms with E-state index in [1.165, 1.54) is 38.5 Å². The number of hydrogen-bond acceptors (Lipinski definition) is 3. The van der Waals surface area contributed by atoms with Gasteiger partial charge in [-0.25, -0.2) is 0 Å². The molecule has 0 aliphatic heterocycles. The number of nitrogens with one attached hydrogen (secondary N) is 1. The van der Waals surface area contributed by atoms with Crippen molar-refractivity contribution in [3.05, 3.63) is 17.0 Å². The van der Waals surface area contributed by atoms with Crippen molar-refractivity contribution >= 4 is 5.91 Å². The predicted octanol–water partition coefficient (Wildman–Crippen LogP) is 4.44. The zero-order chi connectivity index (χ0) is 17.1. The van der Waals surface area contributed by atoms with Crippen LogP contribution in [0.25, 0.3) is 0 Å². The zero-order valence-electron chi connectivity index (χ0n) is 15.4. The second-order valence-electron chi connectivity index (χ2n) is 9.14. The van der Waals surface area contributed by atoms with Crippen LogP contribution in [0.3, 0.4) is 0 Å². The molecule has 0 aromatic carbocycles. The third-order valence-corrected chi connectivity index (χ3v) is 6.99. The highest BCUT2D eigenvalue weighted by atomic mass is 16.5. The molecule has 1 heterocycles. The van der Waals surface area contributed by atoms with Gasteiger partial charge in [-0.1, -0.05) is 19.0 Å². The van der Waals surface area contributed by atoms with E-state index in [-0.39, 0.29) is 17.9 Å². The summed E-state index contributed by atoms with van der Waals surface area (Å²) in [4.78, 5) is 12.9. The van der Waals surface area contributed by atoms with Crippen molar-refractivity contribution in [1.82, 2.24) is 10.5 Å². The number of rotatable bonds is 4. The van der Waals surface area contributed by atoms with Crippen molar-refractivity contribution in [2.24, 2.45) is 23.2 Å². The highest BCUT2D eigenvalue weighted by molar-refractivity contribution is 5.96. The van der Waals surface area contributed by atoms with Crippen LogP contribution in [0.5, 0.6) is 0 Å². The van der Waals surface area contributed by atoms with E-state index in [2.05, 4.69) is 17.4 Å². The van der Waals surface area contributed by atoms with Crippen LogP contribution in [0.15, 0.2) is 4.52 Å². The van der Waals surface area contributed by atoms with Crippen LogP contribution in [0.1, 0.15) is 87.0 Å². The number of carbonyl (C=O) groups excluding carboxylic acids is 1. The van der Waals surface area contributed by atoms with Crippen LogP contribution in [-0.2, 0) is 0 Å². The minimum atomic E-state index is 0.000644. The first-order valence-electron chi connectivity index (χ1n) is 9.65. The van der Waals surface area contributed by atoms with Gasteiger partial charge in [-0.3, -0.25) is 4.79 Å². The Morgan fingerprint density at radius 2 is 1.67 bits per heavy atom. The molecule has 4 aliphatic rings. The van der Waals surface area contributed by atoms with E-state index in [4.69, 9.17) is 4.52 Å². The lowest BCUT2D eigenvalue weighted by Crippen LogP contribution is -2.55. The summed E-state index contributed by atoms with van der Waals surface area (Å²) in [7, 11) is 0. The van der Waals surface area contributed by atoms with Gasteiger partial charge in [-0.15, -0.1) is 0 Å². The number of nitrogens with zero attached hydrogens (tertiary/aromatic N) is 1. The summed E-state index contributed by atoms with van der Waals surface area (Å²) < 4.78 is 5.40. The van der Waals surface area contributed by atoms with Gasteiger partial charge in [0.05, 0.1) is 5.69 Å². The van der Waals surface area contributed by atoms with Gasteiger partial charge in [0.2, 0.25) is 0 Å². The van der Waals surface area contributed by atoms with Crippen molar-refractivity contribution < 1.29 is 9.32 Å². The number of aromatic nitrogens is 1. The molecule has 1 atom stereocenters. The first-order valence-corrected chi connectivity index (χ1v) is 9.65. The van der Waals surface area contributed by atoms with Crippen molar-refractivity contribution in [3.63, 3.8) is 0 Å². The number of aryl methyl sites for hydroxylation is 1. The highest BCUT2D eigenvalue weighted by Gasteiger charge is 2.53. The molecule has 0 unspecified atom stereocenters. The molecule has 4 bridgehead atoms. The van der Waals surface area contributed by atoms with Crippen molar-refractivity contribution in [3.8, 4) is 0 Å². The first-order chi connectivity index (χ1) is 11.4. The molecular weight excluding hydrogens is 300 g/mol. The fourth-order valence-electron chi connectivity index (χ4n) is 6.19. The predicted molar refractivity (Wildman–Crippen MR) is 92.9 cm³/mol. The van der Waals surface area contributed by atoms with E-state index in [1.807, 2.05) is 20.8 Å². The average Bonchev–Trinajstić information content (AvgIpc) is 2.87. The Hall–Kier alpha value is -1.32. The van der Waals surface area contributed by atoms with Gasteiger partial charge in [-0.2, -0.15) is 0 Å². The number of hydrogen-bond donors (Lipinski definition) is 1. The van der Waals surface area contributed by atoms with Gasteiger partial charge in [0.15, 0.2) is 5.76 Å². The fourth-order valence-corrected chi connectivity index (χ4v) is 6.19. The normalized spacial score (nSPS) is 35.5. The first kappa shape index (κ1) is 16.2. The van der Waals surface area contributed by atoms with Crippen LogP contribution in [0.2, 0.25) is 0 Å². The second-order valence-corrected chi connectivity index (χ2v) is 9.14. The average molecular weight is 330 g/mol. The molecule has 1 N–H and O–H groups in total. The third kappa shape index (κ3) is 2.49. The Kier molecular flexibility index (Phi) is 3.77. The van der Waals surface area contributed by atoms with E-state index < -0.39 is 0 Å². The summed E-state index contributed by atoms with van der Waals surface area (Å²) >= 11 is 0. The molecule has 24 heavy (non-hydrogen) atoms. The molecule has 1 amide bonds. The molecule has 0 radical (unpaired) electrons. The Balaban J connectivity index is 1.53. The van der Waals surface area contributed by atoms with Gasteiger partial charge < -0.3 is 9.84 Å². The van der Waals surface area contributed by atoms with E-state index in [1.54, 1.807) is 0 Å². The van der Waals surface area contributed by atoms with Crippen LogP contribution < -0.4 is 5.32 Å². The summed E-state index contributed by atoms with van der Waals surface area (Å²) in [5.74, 6) is 3.59. The Bertz CT molecular complexity index is 611. The third-order valence-electron chi connectivity index (χ3n) is 6.99. The van der Waals surface area contributed by atoms with Gasteiger partial charge >= 0.3 is 0 Å². The van der Waals surface area contributed by atoms with E-state index in [9.17, 15) is 4.79 Å². The molecule has 1 aromatic heterocycles.